The van der Waals surface area contributed by atoms with Gasteiger partial charge in [0.1, 0.15) is 6.04 Å². The standard InChI is InChI=1S/C23H22N2O4/c1-28-22-19(9-6-14-24-22)15-20(23(27)29-2)25-21(26)18-12-10-17(11-13-18)16-7-4-3-5-8-16/h3-14,20H,15H2,1-2H3,(H,25,26)/t20-/m0/s1. The first-order chi connectivity index (χ1) is 14.1. The Morgan fingerprint density at radius 2 is 1.62 bits per heavy atom. The van der Waals surface area contributed by atoms with Crippen molar-refractivity contribution in [3.8, 4) is 17.0 Å². The third-order valence-electron chi connectivity index (χ3n) is 4.51. The number of nitrogens with zero attached hydrogens (tertiary/aromatic N) is 1. The van der Waals surface area contributed by atoms with Crippen LogP contribution in [-0.2, 0) is 16.0 Å². The van der Waals surface area contributed by atoms with E-state index in [1.54, 1.807) is 30.5 Å². The molecule has 2 aromatic carbocycles. The van der Waals surface area contributed by atoms with Crippen LogP contribution in [0.25, 0.3) is 11.1 Å². The number of benzene rings is 2. The van der Waals surface area contributed by atoms with Gasteiger partial charge in [0, 0.05) is 23.7 Å². The highest BCUT2D eigenvalue weighted by Gasteiger charge is 2.24. The summed E-state index contributed by atoms with van der Waals surface area (Å²) in [6, 6.07) is 19.8. The minimum absolute atomic E-state index is 0.206. The number of hydrogen-bond donors (Lipinski definition) is 1. The first kappa shape index (κ1) is 20.1. The summed E-state index contributed by atoms with van der Waals surface area (Å²) in [6.07, 6.45) is 1.81. The number of esters is 1. The Balaban J connectivity index is 1.75. The second-order valence-electron chi connectivity index (χ2n) is 6.37. The Morgan fingerprint density at radius 1 is 0.931 bits per heavy atom. The van der Waals surface area contributed by atoms with Crippen LogP contribution in [0.2, 0.25) is 0 Å². The molecule has 1 atom stereocenters. The van der Waals surface area contributed by atoms with E-state index in [9.17, 15) is 9.59 Å². The fraction of sp³-hybridized carbons (Fsp3) is 0.174. The van der Waals surface area contributed by atoms with Gasteiger partial charge in [-0.3, -0.25) is 4.79 Å². The van der Waals surface area contributed by atoms with Crippen LogP contribution in [0.5, 0.6) is 5.88 Å². The molecule has 1 N–H and O–H groups in total. The molecule has 0 saturated heterocycles. The van der Waals surface area contributed by atoms with Crippen molar-refractivity contribution in [2.24, 2.45) is 0 Å². The number of aromatic nitrogens is 1. The van der Waals surface area contributed by atoms with Crippen molar-refractivity contribution in [1.82, 2.24) is 10.3 Å². The minimum Gasteiger partial charge on any atom is -0.481 e. The van der Waals surface area contributed by atoms with Crippen LogP contribution in [0, 0.1) is 0 Å². The van der Waals surface area contributed by atoms with E-state index in [1.807, 2.05) is 42.5 Å². The highest BCUT2D eigenvalue weighted by molar-refractivity contribution is 5.97. The number of methoxy groups -OCH3 is 2. The molecule has 0 bridgehead atoms. The van der Waals surface area contributed by atoms with Crippen molar-refractivity contribution in [2.45, 2.75) is 12.5 Å². The summed E-state index contributed by atoms with van der Waals surface area (Å²) >= 11 is 0. The fourth-order valence-electron chi connectivity index (χ4n) is 3.00. The summed E-state index contributed by atoms with van der Waals surface area (Å²) in [5.74, 6) is -0.490. The number of rotatable bonds is 7. The molecular formula is C23H22N2O4. The normalized spacial score (nSPS) is 11.4. The minimum atomic E-state index is -0.862. The zero-order valence-electron chi connectivity index (χ0n) is 16.3. The summed E-state index contributed by atoms with van der Waals surface area (Å²) in [4.78, 5) is 29.1. The van der Waals surface area contributed by atoms with Crippen LogP contribution in [-0.4, -0.2) is 37.1 Å². The average molecular weight is 390 g/mol. The van der Waals surface area contributed by atoms with Gasteiger partial charge in [-0.15, -0.1) is 0 Å². The van der Waals surface area contributed by atoms with Crippen LogP contribution in [0.4, 0.5) is 0 Å². The topological polar surface area (TPSA) is 77.5 Å². The molecule has 0 aliphatic rings. The third kappa shape index (κ3) is 4.99. The van der Waals surface area contributed by atoms with Gasteiger partial charge in [0.2, 0.25) is 5.88 Å². The van der Waals surface area contributed by atoms with E-state index in [4.69, 9.17) is 9.47 Å². The zero-order valence-corrected chi connectivity index (χ0v) is 16.3. The number of carbonyl (C=O) groups excluding carboxylic acids is 2. The lowest BCUT2D eigenvalue weighted by atomic mass is 10.0. The molecule has 3 aromatic rings. The van der Waals surface area contributed by atoms with Gasteiger partial charge in [-0.25, -0.2) is 9.78 Å². The number of ether oxygens (including phenoxy) is 2. The fourth-order valence-corrected chi connectivity index (χ4v) is 3.00. The van der Waals surface area contributed by atoms with E-state index in [2.05, 4.69) is 10.3 Å². The number of amides is 1. The van der Waals surface area contributed by atoms with Crippen LogP contribution in [0.15, 0.2) is 72.9 Å². The lowest BCUT2D eigenvalue weighted by molar-refractivity contribution is -0.142. The molecule has 6 heteroatoms. The molecule has 6 nitrogen and oxygen atoms in total. The average Bonchev–Trinajstić information content (AvgIpc) is 2.79. The van der Waals surface area contributed by atoms with Gasteiger partial charge in [0.15, 0.2) is 0 Å². The van der Waals surface area contributed by atoms with Crippen LogP contribution in [0.1, 0.15) is 15.9 Å². The lowest BCUT2D eigenvalue weighted by Crippen LogP contribution is -2.43. The van der Waals surface area contributed by atoms with Gasteiger partial charge >= 0.3 is 5.97 Å². The maximum Gasteiger partial charge on any atom is 0.328 e. The monoisotopic (exact) mass is 390 g/mol. The molecule has 0 saturated carbocycles. The Bertz CT molecular complexity index is 972. The number of hydrogen-bond acceptors (Lipinski definition) is 5. The zero-order chi connectivity index (χ0) is 20.6. The van der Waals surface area contributed by atoms with E-state index in [-0.39, 0.29) is 12.3 Å². The highest BCUT2D eigenvalue weighted by atomic mass is 16.5. The SMILES string of the molecule is COC(=O)[C@H](Cc1cccnc1OC)NC(=O)c1ccc(-c2ccccc2)cc1. The van der Waals surface area contributed by atoms with Crippen molar-refractivity contribution < 1.29 is 19.1 Å². The Morgan fingerprint density at radius 3 is 2.28 bits per heavy atom. The van der Waals surface area contributed by atoms with E-state index in [1.165, 1.54) is 14.2 Å². The Labute approximate surface area is 169 Å². The Hall–Kier alpha value is -3.67. The summed E-state index contributed by atoms with van der Waals surface area (Å²) in [5.41, 5.74) is 3.23. The van der Waals surface area contributed by atoms with Crippen molar-refractivity contribution in [2.75, 3.05) is 14.2 Å². The van der Waals surface area contributed by atoms with Crippen LogP contribution in [0.3, 0.4) is 0 Å². The predicted molar refractivity (Wildman–Crippen MR) is 110 cm³/mol. The van der Waals surface area contributed by atoms with Crippen LogP contribution < -0.4 is 10.1 Å². The van der Waals surface area contributed by atoms with Gasteiger partial charge in [0.05, 0.1) is 14.2 Å². The summed E-state index contributed by atoms with van der Waals surface area (Å²) in [7, 11) is 2.79. The van der Waals surface area contributed by atoms with E-state index in [0.29, 0.717) is 17.0 Å². The summed E-state index contributed by atoms with van der Waals surface area (Å²) in [6.45, 7) is 0. The molecule has 1 heterocycles. The summed E-state index contributed by atoms with van der Waals surface area (Å²) in [5, 5.41) is 2.75. The van der Waals surface area contributed by atoms with Gasteiger partial charge in [-0.1, -0.05) is 48.5 Å². The number of nitrogens with one attached hydrogen (secondary N) is 1. The van der Waals surface area contributed by atoms with E-state index in [0.717, 1.165) is 11.1 Å². The third-order valence-corrected chi connectivity index (χ3v) is 4.51. The van der Waals surface area contributed by atoms with Gasteiger partial charge < -0.3 is 14.8 Å². The molecule has 0 aliphatic heterocycles. The van der Waals surface area contributed by atoms with Gasteiger partial charge in [-0.2, -0.15) is 0 Å². The van der Waals surface area contributed by atoms with Gasteiger partial charge in [0.25, 0.3) is 5.91 Å². The molecule has 1 amide bonds. The second kappa shape index (κ2) is 9.50. The molecule has 0 spiro atoms. The van der Waals surface area contributed by atoms with E-state index >= 15 is 0 Å². The number of pyridine rings is 1. The smallest absolute Gasteiger partial charge is 0.328 e. The first-order valence-electron chi connectivity index (χ1n) is 9.14. The quantitative estimate of drug-likeness (QED) is 0.627. The van der Waals surface area contributed by atoms with Crippen LogP contribution >= 0.6 is 0 Å². The number of carbonyl (C=O) groups is 2. The second-order valence-corrected chi connectivity index (χ2v) is 6.37. The van der Waals surface area contributed by atoms with Crippen molar-refractivity contribution in [1.29, 1.82) is 0 Å². The lowest BCUT2D eigenvalue weighted by Gasteiger charge is -2.17. The first-order valence-corrected chi connectivity index (χ1v) is 9.14. The largest absolute Gasteiger partial charge is 0.481 e. The van der Waals surface area contributed by atoms with Crippen molar-refractivity contribution in [3.63, 3.8) is 0 Å². The highest BCUT2D eigenvalue weighted by Crippen LogP contribution is 2.20. The maximum absolute atomic E-state index is 12.7. The molecule has 0 radical (unpaired) electrons. The van der Waals surface area contributed by atoms with Crippen molar-refractivity contribution in [3.05, 3.63) is 84.1 Å². The molecule has 0 aliphatic carbocycles. The predicted octanol–water partition coefficient (Wildman–Crippen LogP) is 3.27. The molecular weight excluding hydrogens is 368 g/mol. The van der Waals surface area contributed by atoms with Gasteiger partial charge in [-0.05, 0) is 29.3 Å². The molecule has 0 unspecified atom stereocenters. The molecule has 1 aromatic heterocycles. The summed E-state index contributed by atoms with van der Waals surface area (Å²) < 4.78 is 10.1. The molecule has 3 rings (SSSR count). The molecule has 0 fully saturated rings. The molecule has 29 heavy (non-hydrogen) atoms. The molecule has 148 valence electrons. The van der Waals surface area contributed by atoms with Crippen molar-refractivity contribution >= 4 is 11.9 Å². The Kier molecular flexibility index (Phi) is 6.58. The maximum atomic E-state index is 12.7. The van der Waals surface area contributed by atoms with E-state index < -0.39 is 12.0 Å².